The molecule has 0 spiro atoms. The number of nitrogens with one attached hydrogen (secondary N) is 2. The summed E-state index contributed by atoms with van der Waals surface area (Å²) in [7, 11) is -1.81. The van der Waals surface area contributed by atoms with E-state index < -0.39 is 16.1 Å². The van der Waals surface area contributed by atoms with Gasteiger partial charge in [-0.3, -0.25) is 19.7 Å². The number of aromatic nitrogens is 2. The number of halogens is 1. The van der Waals surface area contributed by atoms with Crippen molar-refractivity contribution in [2.24, 2.45) is 12.8 Å². The summed E-state index contributed by atoms with van der Waals surface area (Å²) in [6.07, 6.45) is 3.48. The van der Waals surface area contributed by atoms with Crippen molar-refractivity contribution in [1.82, 2.24) is 24.3 Å². The average molecular weight is 684 g/mol. The van der Waals surface area contributed by atoms with Gasteiger partial charge in [0.25, 0.3) is 0 Å². The molecule has 1 atom stereocenters. The first-order valence-electron chi connectivity index (χ1n) is 15.9. The summed E-state index contributed by atoms with van der Waals surface area (Å²) >= 11 is 0. The first-order chi connectivity index (χ1) is 22.0. The van der Waals surface area contributed by atoms with Gasteiger partial charge in [-0.05, 0) is 87.5 Å². The molecule has 1 aromatic heterocycles. The summed E-state index contributed by atoms with van der Waals surface area (Å²) < 4.78 is 29.9. The lowest BCUT2D eigenvalue weighted by atomic mass is 9.89. The average Bonchev–Trinajstić information content (AvgIpc) is 3.36. The van der Waals surface area contributed by atoms with Crippen molar-refractivity contribution in [2.75, 3.05) is 49.5 Å². The topological polar surface area (TPSA) is 170 Å². The number of hydrogen-bond acceptors (Lipinski definition) is 9. The largest absolute Gasteiger partial charge is 0.380 e. The predicted octanol–water partition coefficient (Wildman–Crippen LogP) is 3.10. The van der Waals surface area contributed by atoms with Gasteiger partial charge in [0.2, 0.25) is 15.9 Å². The van der Waals surface area contributed by atoms with Crippen molar-refractivity contribution in [3.05, 3.63) is 47.5 Å². The zero-order valence-corrected chi connectivity index (χ0v) is 28.3. The maximum atomic E-state index is 13.3. The Morgan fingerprint density at radius 3 is 2.47 bits per heavy atom. The molecule has 47 heavy (non-hydrogen) atoms. The zero-order valence-electron chi connectivity index (χ0n) is 26.7. The minimum Gasteiger partial charge on any atom is -0.380 e. The van der Waals surface area contributed by atoms with Crippen LogP contribution in [0.3, 0.4) is 0 Å². The molecule has 3 fully saturated rings. The van der Waals surface area contributed by atoms with Crippen LogP contribution in [0.4, 0.5) is 16.3 Å². The number of anilines is 2. The minimum absolute atomic E-state index is 0. The highest BCUT2D eigenvalue weighted by molar-refractivity contribution is 7.89. The van der Waals surface area contributed by atoms with E-state index in [4.69, 9.17) is 5.73 Å². The van der Waals surface area contributed by atoms with Gasteiger partial charge in [-0.15, -0.1) is 12.4 Å². The highest BCUT2D eigenvalue weighted by atomic mass is 35.5. The maximum absolute atomic E-state index is 13.3. The number of rotatable bonds is 8. The molecular weight excluding hydrogens is 642 g/mol. The van der Waals surface area contributed by atoms with Gasteiger partial charge < -0.3 is 16.0 Å². The molecule has 3 aromatic rings. The number of nitrogens with two attached hydrogens (primary N) is 1. The van der Waals surface area contributed by atoms with Crippen LogP contribution in [0.2, 0.25) is 0 Å². The lowest BCUT2D eigenvalue weighted by molar-refractivity contribution is -0.120. The SMILES string of the molecule is C[C@@H](CN1CCC(c2ccc3c(N4CCC(=O)NC4=O)nn(C)c3c2)CC1)Nc1cc(S(=O)(=O)N2CCC(N)CC2)ccc1C#N.Cl. The number of carbonyl (C=O) groups is 2. The fraction of sp³-hybridized carbons (Fsp3) is 0.500. The molecule has 4 N–H and O–H groups in total. The molecule has 3 aliphatic heterocycles. The number of nitrogens with zero attached hydrogens (tertiary/aromatic N) is 6. The van der Waals surface area contributed by atoms with Gasteiger partial charge in [0.1, 0.15) is 6.07 Å². The molecule has 0 aliphatic carbocycles. The number of fused-ring (bicyclic) bond motifs is 1. The third-order valence-electron chi connectivity index (χ3n) is 9.41. The number of amides is 3. The molecule has 3 saturated heterocycles. The Morgan fingerprint density at radius 2 is 1.79 bits per heavy atom. The van der Waals surface area contributed by atoms with E-state index in [0.29, 0.717) is 55.5 Å². The summed E-state index contributed by atoms with van der Waals surface area (Å²) in [5.74, 6) is 0.672. The second-order valence-corrected chi connectivity index (χ2v) is 14.6. The number of aryl methyl sites for hydroxylation is 1. The van der Waals surface area contributed by atoms with Crippen molar-refractivity contribution >= 4 is 56.8 Å². The smallest absolute Gasteiger partial charge is 0.329 e. The molecule has 2 aromatic carbocycles. The number of urea groups is 1. The first kappa shape index (κ1) is 34.6. The number of imide groups is 1. The molecular formula is C32H42ClN9O4S. The van der Waals surface area contributed by atoms with Gasteiger partial charge in [0, 0.05) is 57.1 Å². The monoisotopic (exact) mass is 683 g/mol. The van der Waals surface area contributed by atoms with Gasteiger partial charge in [-0.25, -0.2) is 13.2 Å². The lowest BCUT2D eigenvalue weighted by Gasteiger charge is -2.34. The van der Waals surface area contributed by atoms with Crippen LogP contribution in [-0.4, -0.2) is 90.7 Å². The number of carbonyl (C=O) groups excluding carboxylic acids is 2. The first-order valence-corrected chi connectivity index (χ1v) is 17.3. The molecule has 6 rings (SSSR count). The number of benzene rings is 2. The normalized spacial score (nSPS) is 19.7. The van der Waals surface area contributed by atoms with E-state index in [1.54, 1.807) is 16.8 Å². The molecule has 0 unspecified atom stereocenters. The Hall–Kier alpha value is -3.74. The van der Waals surface area contributed by atoms with Crippen LogP contribution in [0.5, 0.6) is 0 Å². The quantitative estimate of drug-likeness (QED) is 0.323. The molecule has 3 amide bonds. The van der Waals surface area contributed by atoms with Crippen molar-refractivity contribution in [2.45, 2.75) is 61.9 Å². The Bertz CT molecular complexity index is 1790. The zero-order chi connectivity index (χ0) is 32.6. The molecule has 4 heterocycles. The van der Waals surface area contributed by atoms with Gasteiger partial charge in [-0.2, -0.15) is 14.7 Å². The summed E-state index contributed by atoms with van der Waals surface area (Å²) in [5, 5.41) is 21.0. The Labute approximate surface area is 281 Å². The number of nitriles is 1. The summed E-state index contributed by atoms with van der Waals surface area (Å²) in [6.45, 7) is 5.72. The molecule has 15 heteroatoms. The Kier molecular flexibility index (Phi) is 10.4. The second-order valence-electron chi connectivity index (χ2n) is 12.7. The molecule has 3 aliphatic rings. The van der Waals surface area contributed by atoms with E-state index in [2.05, 4.69) is 38.8 Å². The fourth-order valence-corrected chi connectivity index (χ4v) is 8.28. The van der Waals surface area contributed by atoms with E-state index in [-0.39, 0.29) is 41.7 Å². The van der Waals surface area contributed by atoms with Crippen LogP contribution in [0.15, 0.2) is 41.3 Å². The van der Waals surface area contributed by atoms with E-state index >= 15 is 0 Å². The van der Waals surface area contributed by atoms with Crippen molar-refractivity contribution < 1.29 is 18.0 Å². The number of likely N-dealkylation sites (tertiary alicyclic amines) is 1. The van der Waals surface area contributed by atoms with Crippen LogP contribution >= 0.6 is 12.4 Å². The predicted molar refractivity (Wildman–Crippen MR) is 182 cm³/mol. The lowest BCUT2D eigenvalue weighted by Crippen LogP contribution is -2.49. The third kappa shape index (κ3) is 7.24. The van der Waals surface area contributed by atoms with E-state index in [0.717, 1.165) is 43.4 Å². The summed E-state index contributed by atoms with van der Waals surface area (Å²) in [6, 6.07) is 12.7. The highest BCUT2D eigenvalue weighted by Gasteiger charge is 2.30. The van der Waals surface area contributed by atoms with E-state index in [1.165, 1.54) is 20.8 Å². The van der Waals surface area contributed by atoms with Crippen LogP contribution in [0, 0.1) is 11.3 Å². The number of sulfonamides is 1. The van der Waals surface area contributed by atoms with Crippen molar-refractivity contribution in [3.8, 4) is 6.07 Å². The van der Waals surface area contributed by atoms with E-state index in [1.807, 2.05) is 20.0 Å². The van der Waals surface area contributed by atoms with Gasteiger partial charge in [0.15, 0.2) is 5.82 Å². The fourth-order valence-electron chi connectivity index (χ4n) is 6.79. The Balaban J connectivity index is 0.00000433. The van der Waals surface area contributed by atoms with Crippen LogP contribution in [0.25, 0.3) is 10.9 Å². The molecule has 0 radical (unpaired) electrons. The molecule has 0 bridgehead atoms. The summed E-state index contributed by atoms with van der Waals surface area (Å²) in [4.78, 5) is 28.1. The molecule has 13 nitrogen and oxygen atoms in total. The van der Waals surface area contributed by atoms with Crippen LogP contribution < -0.4 is 21.3 Å². The van der Waals surface area contributed by atoms with E-state index in [9.17, 15) is 23.3 Å². The maximum Gasteiger partial charge on any atom is 0.329 e. The van der Waals surface area contributed by atoms with Crippen LogP contribution in [0.1, 0.15) is 56.1 Å². The van der Waals surface area contributed by atoms with Crippen LogP contribution in [-0.2, 0) is 21.9 Å². The number of hydrogen-bond donors (Lipinski definition) is 3. The standard InChI is InChI=1S/C32H41N9O4S.ClH/c1-21(35-28-18-26(5-3-24(28)19-33)46(44,45)40-14-9-25(34)10-15-40)20-39-12-7-22(8-13-39)23-4-6-27-29(17-23)38(2)37-31(27)41-16-11-30(42)36-32(41)43;/h3-6,17-18,21-22,25,35H,7-16,20,34H2,1-2H3,(H,36,42,43);1H/t21-;/m0./s1. The second kappa shape index (κ2) is 14.2. The molecule has 252 valence electrons. The Morgan fingerprint density at radius 1 is 1.06 bits per heavy atom. The van der Waals surface area contributed by atoms with Crippen molar-refractivity contribution in [3.63, 3.8) is 0 Å². The van der Waals surface area contributed by atoms with Gasteiger partial charge in [0.05, 0.1) is 21.7 Å². The number of piperidine rings is 2. The third-order valence-corrected chi connectivity index (χ3v) is 11.3. The summed E-state index contributed by atoms with van der Waals surface area (Å²) in [5.41, 5.74) is 9.09. The van der Waals surface area contributed by atoms with Gasteiger partial charge >= 0.3 is 6.03 Å². The minimum atomic E-state index is -3.67. The highest BCUT2D eigenvalue weighted by Crippen LogP contribution is 2.34. The van der Waals surface area contributed by atoms with Gasteiger partial charge in [-0.1, -0.05) is 6.07 Å². The van der Waals surface area contributed by atoms with Crippen molar-refractivity contribution in [1.29, 1.82) is 5.26 Å². The molecule has 0 saturated carbocycles.